The summed E-state index contributed by atoms with van der Waals surface area (Å²) >= 11 is 0. The first-order valence-corrected chi connectivity index (χ1v) is 6.54. The number of hydrogen-bond acceptors (Lipinski definition) is 5. The molecule has 0 atom stereocenters. The van der Waals surface area contributed by atoms with Crippen molar-refractivity contribution in [2.75, 3.05) is 20.2 Å². The number of carbonyl (C=O) groups excluding carboxylic acids is 2. The number of rotatable bonds is 6. The lowest BCUT2D eigenvalue weighted by atomic mass is 10.3. The zero-order valence-corrected chi connectivity index (χ0v) is 12.5. The van der Waals surface area contributed by atoms with Crippen molar-refractivity contribution in [3.63, 3.8) is 0 Å². The van der Waals surface area contributed by atoms with Crippen molar-refractivity contribution < 1.29 is 19.2 Å². The normalized spacial score (nSPS) is 10.5. The fourth-order valence-electron chi connectivity index (χ4n) is 1.87. The molecule has 1 aromatic rings. The van der Waals surface area contributed by atoms with Crippen LogP contribution in [-0.2, 0) is 9.53 Å². The molecule has 116 valence electrons. The number of methoxy groups -OCH3 is 1. The molecule has 8 heteroatoms. The molecule has 0 unspecified atom stereocenters. The number of nitrogens with zero attached hydrogens (tertiary/aromatic N) is 3. The Morgan fingerprint density at radius 2 is 2.10 bits per heavy atom. The molecule has 0 aromatic carbocycles. The summed E-state index contributed by atoms with van der Waals surface area (Å²) in [6, 6.07) is 1.11. The van der Waals surface area contributed by atoms with Gasteiger partial charge >= 0.3 is 5.97 Å². The number of ether oxygens (including phenoxy) is 1. The monoisotopic (exact) mass is 297 g/mol. The molecule has 0 radical (unpaired) electrons. The van der Waals surface area contributed by atoms with Gasteiger partial charge in [-0.15, -0.1) is 0 Å². The minimum absolute atomic E-state index is 0.116. The highest BCUT2D eigenvalue weighted by Gasteiger charge is 2.25. The molecule has 0 aliphatic rings. The third kappa shape index (κ3) is 3.80. The summed E-state index contributed by atoms with van der Waals surface area (Å²) in [7, 11) is 1.24. The van der Waals surface area contributed by atoms with Crippen LogP contribution in [0.2, 0.25) is 0 Å². The number of carbonyl (C=O) groups is 2. The van der Waals surface area contributed by atoms with Gasteiger partial charge in [-0.05, 0) is 20.8 Å². The fourth-order valence-corrected chi connectivity index (χ4v) is 1.87. The molecule has 1 rings (SSSR count). The zero-order chi connectivity index (χ0) is 16.2. The molecule has 0 spiro atoms. The Hall–Kier alpha value is -2.38. The zero-order valence-electron chi connectivity index (χ0n) is 12.5. The van der Waals surface area contributed by atoms with E-state index in [1.54, 1.807) is 6.92 Å². The van der Waals surface area contributed by atoms with Crippen LogP contribution >= 0.6 is 0 Å². The third-order valence-corrected chi connectivity index (χ3v) is 3.04. The highest BCUT2D eigenvalue weighted by Crippen LogP contribution is 2.22. The van der Waals surface area contributed by atoms with E-state index >= 15 is 0 Å². The molecule has 0 saturated heterocycles. The molecule has 0 N–H and O–H groups in total. The number of esters is 1. The first kappa shape index (κ1) is 16.7. The maximum Gasteiger partial charge on any atom is 0.325 e. The van der Waals surface area contributed by atoms with Crippen LogP contribution in [-0.4, -0.2) is 46.5 Å². The van der Waals surface area contributed by atoms with Gasteiger partial charge in [0.15, 0.2) is 0 Å². The Morgan fingerprint density at radius 3 is 2.52 bits per heavy atom. The molecular weight excluding hydrogens is 278 g/mol. The SMILES string of the molecule is CCN(CC(=O)OC)C(=O)c1cc([N+](=O)[O-])cn1C(C)C. The molecule has 0 fully saturated rings. The predicted octanol–water partition coefficient (Wildman–Crippen LogP) is 1.61. The second-order valence-electron chi connectivity index (χ2n) is 4.74. The van der Waals surface area contributed by atoms with E-state index in [0.29, 0.717) is 6.54 Å². The van der Waals surface area contributed by atoms with Gasteiger partial charge in [-0.2, -0.15) is 0 Å². The third-order valence-electron chi connectivity index (χ3n) is 3.04. The van der Waals surface area contributed by atoms with Gasteiger partial charge < -0.3 is 14.2 Å². The summed E-state index contributed by atoms with van der Waals surface area (Å²) in [5, 5.41) is 10.9. The van der Waals surface area contributed by atoms with E-state index in [4.69, 9.17) is 0 Å². The van der Waals surface area contributed by atoms with Crippen molar-refractivity contribution in [3.05, 3.63) is 28.1 Å². The Balaban J connectivity index is 3.14. The van der Waals surface area contributed by atoms with Crippen molar-refractivity contribution in [1.82, 2.24) is 9.47 Å². The second kappa shape index (κ2) is 6.87. The quantitative estimate of drug-likeness (QED) is 0.451. The van der Waals surface area contributed by atoms with Crippen LogP contribution in [0, 0.1) is 10.1 Å². The van der Waals surface area contributed by atoms with Crippen molar-refractivity contribution >= 4 is 17.6 Å². The smallest absolute Gasteiger partial charge is 0.325 e. The average molecular weight is 297 g/mol. The first-order chi connectivity index (χ1) is 9.81. The lowest BCUT2D eigenvalue weighted by molar-refractivity contribution is -0.384. The van der Waals surface area contributed by atoms with E-state index in [0.717, 1.165) is 0 Å². The molecule has 0 aliphatic carbocycles. The maximum atomic E-state index is 12.5. The molecule has 0 aliphatic heterocycles. The van der Waals surface area contributed by atoms with Crippen molar-refractivity contribution in [2.45, 2.75) is 26.8 Å². The van der Waals surface area contributed by atoms with Gasteiger partial charge in [0.2, 0.25) is 0 Å². The summed E-state index contributed by atoms with van der Waals surface area (Å²) < 4.78 is 6.07. The largest absolute Gasteiger partial charge is 0.468 e. The van der Waals surface area contributed by atoms with Gasteiger partial charge in [0.05, 0.1) is 18.2 Å². The van der Waals surface area contributed by atoms with Gasteiger partial charge in [0, 0.05) is 18.7 Å². The van der Waals surface area contributed by atoms with Gasteiger partial charge in [-0.1, -0.05) is 0 Å². The maximum absolute atomic E-state index is 12.5. The minimum Gasteiger partial charge on any atom is -0.468 e. The highest BCUT2D eigenvalue weighted by molar-refractivity contribution is 5.95. The Bertz CT molecular complexity index is 550. The van der Waals surface area contributed by atoms with Gasteiger partial charge in [-0.3, -0.25) is 19.7 Å². The van der Waals surface area contributed by atoms with Crippen molar-refractivity contribution in [1.29, 1.82) is 0 Å². The van der Waals surface area contributed by atoms with E-state index in [1.165, 1.54) is 28.8 Å². The molecule has 0 bridgehead atoms. The van der Waals surface area contributed by atoms with E-state index in [2.05, 4.69) is 4.74 Å². The summed E-state index contributed by atoms with van der Waals surface area (Å²) in [4.78, 5) is 35.4. The molecule has 21 heavy (non-hydrogen) atoms. The van der Waals surface area contributed by atoms with Crippen molar-refractivity contribution in [2.24, 2.45) is 0 Å². The molecule has 0 saturated carbocycles. The molecular formula is C13H19N3O5. The number of amides is 1. The number of likely N-dealkylation sites (N-methyl/N-ethyl adjacent to an activating group) is 1. The van der Waals surface area contributed by atoms with Crippen LogP contribution in [0.1, 0.15) is 37.3 Å². The summed E-state index contributed by atoms with van der Waals surface area (Å²) in [6.45, 7) is 5.46. The van der Waals surface area contributed by atoms with Crippen LogP contribution in [0.5, 0.6) is 0 Å². The van der Waals surface area contributed by atoms with Gasteiger partial charge in [-0.25, -0.2) is 0 Å². The second-order valence-corrected chi connectivity index (χ2v) is 4.74. The number of hydrogen-bond donors (Lipinski definition) is 0. The van der Waals surface area contributed by atoms with E-state index in [9.17, 15) is 19.7 Å². The predicted molar refractivity (Wildman–Crippen MR) is 75.1 cm³/mol. The minimum atomic E-state index is -0.549. The van der Waals surface area contributed by atoms with Crippen LogP contribution < -0.4 is 0 Å². The van der Waals surface area contributed by atoms with Crippen LogP contribution in [0.25, 0.3) is 0 Å². The summed E-state index contributed by atoms with van der Waals surface area (Å²) in [6.07, 6.45) is 1.32. The molecule has 8 nitrogen and oxygen atoms in total. The van der Waals surface area contributed by atoms with Crippen LogP contribution in [0.4, 0.5) is 5.69 Å². The first-order valence-electron chi connectivity index (χ1n) is 6.54. The topological polar surface area (TPSA) is 94.7 Å². The summed E-state index contributed by atoms with van der Waals surface area (Å²) in [5.74, 6) is -0.980. The van der Waals surface area contributed by atoms with Crippen LogP contribution in [0.3, 0.4) is 0 Å². The molecule has 1 amide bonds. The number of aromatic nitrogens is 1. The average Bonchev–Trinajstić information content (AvgIpc) is 2.89. The molecule has 1 heterocycles. The Labute approximate surface area is 122 Å². The van der Waals surface area contributed by atoms with Gasteiger partial charge in [0.25, 0.3) is 11.6 Å². The molecule has 1 aromatic heterocycles. The standard InChI is InChI=1S/C13H19N3O5/c1-5-14(8-12(17)21-4)13(18)11-6-10(16(19)20)7-15(11)9(2)3/h6-7,9H,5,8H2,1-4H3. The van der Waals surface area contributed by atoms with Crippen LogP contribution in [0.15, 0.2) is 12.3 Å². The lowest BCUT2D eigenvalue weighted by Crippen LogP contribution is -2.37. The van der Waals surface area contributed by atoms with Crippen molar-refractivity contribution in [3.8, 4) is 0 Å². The Morgan fingerprint density at radius 1 is 1.48 bits per heavy atom. The van der Waals surface area contributed by atoms with E-state index < -0.39 is 16.8 Å². The number of nitro groups is 1. The van der Waals surface area contributed by atoms with E-state index in [1.807, 2.05) is 13.8 Å². The van der Waals surface area contributed by atoms with Gasteiger partial charge in [0.1, 0.15) is 12.2 Å². The van der Waals surface area contributed by atoms with E-state index in [-0.39, 0.29) is 24.0 Å². The summed E-state index contributed by atoms with van der Waals surface area (Å²) in [5.41, 5.74) is 0.0311. The highest BCUT2D eigenvalue weighted by atomic mass is 16.6. The Kier molecular flexibility index (Phi) is 5.45. The lowest BCUT2D eigenvalue weighted by Gasteiger charge is -2.21. The fraction of sp³-hybridized carbons (Fsp3) is 0.538.